The zero-order valence-electron chi connectivity index (χ0n) is 12.8. The molecule has 1 aliphatic rings. The van der Waals surface area contributed by atoms with Crippen molar-refractivity contribution in [2.24, 2.45) is 0 Å². The zero-order valence-corrected chi connectivity index (χ0v) is 12.8. The van der Waals surface area contributed by atoms with Crippen molar-refractivity contribution in [2.75, 3.05) is 6.61 Å². The van der Waals surface area contributed by atoms with Crippen molar-refractivity contribution in [3.63, 3.8) is 0 Å². The van der Waals surface area contributed by atoms with E-state index in [-0.39, 0.29) is 5.97 Å². The Labute approximate surface area is 134 Å². The normalized spacial score (nSPS) is 18.3. The molecule has 23 heavy (non-hydrogen) atoms. The molecule has 0 saturated carbocycles. The largest absolute Gasteiger partial charge is 0.464 e. The Morgan fingerprint density at radius 1 is 1.00 bits per heavy atom. The minimum atomic E-state index is -0.431. The first-order valence-corrected chi connectivity index (χ1v) is 8.00. The Balaban J connectivity index is 1.66. The Bertz CT molecular complexity index is 869. The summed E-state index contributed by atoms with van der Waals surface area (Å²) in [6.45, 7) is 0.939. The average Bonchev–Trinajstić information content (AvgIpc) is 2.59. The van der Waals surface area contributed by atoms with Gasteiger partial charge in [0.2, 0.25) is 0 Å². The van der Waals surface area contributed by atoms with Crippen molar-refractivity contribution in [2.45, 2.75) is 25.6 Å². The second kappa shape index (κ2) is 6.01. The third-order valence-corrected chi connectivity index (χ3v) is 4.39. The van der Waals surface area contributed by atoms with E-state index in [4.69, 9.17) is 9.47 Å². The number of benzene rings is 3. The van der Waals surface area contributed by atoms with Crippen LogP contribution in [0.5, 0.6) is 0 Å². The summed E-state index contributed by atoms with van der Waals surface area (Å²) >= 11 is 0. The van der Waals surface area contributed by atoms with Gasteiger partial charge in [0.1, 0.15) is 0 Å². The van der Waals surface area contributed by atoms with Crippen LogP contribution in [-0.2, 0) is 20.9 Å². The second-order valence-electron chi connectivity index (χ2n) is 5.95. The Morgan fingerprint density at radius 3 is 2.61 bits per heavy atom. The molecule has 3 nitrogen and oxygen atoms in total. The van der Waals surface area contributed by atoms with Crippen LogP contribution in [0.15, 0.2) is 54.6 Å². The Morgan fingerprint density at radius 2 is 1.78 bits per heavy atom. The van der Waals surface area contributed by atoms with Gasteiger partial charge in [-0.25, -0.2) is 4.79 Å². The van der Waals surface area contributed by atoms with E-state index < -0.39 is 6.10 Å². The van der Waals surface area contributed by atoms with Crippen LogP contribution in [0.3, 0.4) is 0 Å². The predicted molar refractivity (Wildman–Crippen MR) is 90.2 cm³/mol. The van der Waals surface area contributed by atoms with Crippen LogP contribution in [-0.4, -0.2) is 18.7 Å². The van der Waals surface area contributed by atoms with E-state index in [9.17, 15) is 4.79 Å². The van der Waals surface area contributed by atoms with Crippen LogP contribution in [0, 0.1) is 0 Å². The monoisotopic (exact) mass is 306 g/mol. The fourth-order valence-electron chi connectivity index (χ4n) is 3.15. The average molecular weight is 306 g/mol. The molecule has 4 rings (SSSR count). The molecule has 3 heteroatoms. The molecule has 3 aromatic carbocycles. The lowest BCUT2D eigenvalue weighted by molar-refractivity contribution is -0.164. The lowest BCUT2D eigenvalue weighted by Gasteiger charge is -2.21. The Kier molecular flexibility index (Phi) is 3.72. The Hall–Kier alpha value is -2.39. The first-order chi connectivity index (χ1) is 11.3. The SMILES string of the molecule is O=C1OCCCC1OCc1cccc2cc3ccccc3cc12. The number of cyclic esters (lactones) is 1. The van der Waals surface area contributed by atoms with Gasteiger partial charge >= 0.3 is 5.97 Å². The van der Waals surface area contributed by atoms with E-state index in [1.54, 1.807) is 0 Å². The standard InChI is InChI=1S/C20H18O3/c21-20-19(9-4-10-22-20)23-13-17-8-3-7-16-11-14-5-1-2-6-15(14)12-18(16)17/h1-3,5-8,11-12,19H,4,9-10,13H2. The lowest BCUT2D eigenvalue weighted by Crippen LogP contribution is -2.31. The number of ether oxygens (including phenoxy) is 2. The maximum atomic E-state index is 11.7. The summed E-state index contributed by atoms with van der Waals surface area (Å²) in [5.41, 5.74) is 1.10. The summed E-state index contributed by atoms with van der Waals surface area (Å²) in [5.74, 6) is -0.234. The zero-order chi connectivity index (χ0) is 15.6. The van der Waals surface area contributed by atoms with Crippen molar-refractivity contribution in [1.29, 1.82) is 0 Å². The molecule has 1 saturated heterocycles. The molecule has 0 aromatic heterocycles. The van der Waals surface area contributed by atoms with Crippen LogP contribution < -0.4 is 0 Å². The number of esters is 1. The number of carbonyl (C=O) groups is 1. The summed E-state index contributed by atoms with van der Waals surface area (Å²) in [7, 11) is 0. The van der Waals surface area contributed by atoms with Gasteiger partial charge in [-0.3, -0.25) is 0 Å². The van der Waals surface area contributed by atoms with Crippen LogP contribution in [0.2, 0.25) is 0 Å². The summed E-state index contributed by atoms with van der Waals surface area (Å²) < 4.78 is 10.9. The molecule has 0 aliphatic carbocycles. The number of hydrogen-bond acceptors (Lipinski definition) is 3. The number of rotatable bonds is 3. The molecule has 116 valence electrons. The van der Waals surface area contributed by atoms with E-state index >= 15 is 0 Å². The molecule has 3 aromatic rings. The van der Waals surface area contributed by atoms with E-state index in [1.807, 2.05) is 12.1 Å². The second-order valence-corrected chi connectivity index (χ2v) is 5.95. The van der Waals surface area contributed by atoms with Crippen molar-refractivity contribution in [3.8, 4) is 0 Å². The summed E-state index contributed by atoms with van der Waals surface area (Å²) in [4.78, 5) is 11.7. The van der Waals surface area contributed by atoms with Gasteiger partial charge in [-0.1, -0.05) is 42.5 Å². The molecule has 0 radical (unpaired) electrons. The fraction of sp³-hybridized carbons (Fsp3) is 0.250. The molecular formula is C20H18O3. The number of carbonyl (C=O) groups excluding carboxylic acids is 1. The minimum Gasteiger partial charge on any atom is -0.464 e. The van der Waals surface area contributed by atoms with Gasteiger partial charge in [0.15, 0.2) is 6.10 Å². The van der Waals surface area contributed by atoms with Crippen LogP contribution in [0.4, 0.5) is 0 Å². The van der Waals surface area contributed by atoms with Crippen LogP contribution in [0.1, 0.15) is 18.4 Å². The van der Waals surface area contributed by atoms with Crippen LogP contribution in [0.25, 0.3) is 21.5 Å². The smallest absolute Gasteiger partial charge is 0.335 e. The van der Waals surface area contributed by atoms with Gasteiger partial charge in [-0.2, -0.15) is 0 Å². The highest BCUT2D eigenvalue weighted by Gasteiger charge is 2.24. The highest BCUT2D eigenvalue weighted by molar-refractivity contribution is 5.99. The molecule has 0 amide bonds. The third kappa shape index (κ3) is 2.80. The predicted octanol–water partition coefficient (Wildman–Crippen LogP) is 4.22. The van der Waals surface area contributed by atoms with Gasteiger partial charge in [-0.15, -0.1) is 0 Å². The van der Waals surface area contributed by atoms with E-state index in [1.165, 1.54) is 21.5 Å². The van der Waals surface area contributed by atoms with E-state index in [2.05, 4.69) is 42.5 Å². The maximum absolute atomic E-state index is 11.7. The lowest BCUT2D eigenvalue weighted by atomic mass is 10.00. The topological polar surface area (TPSA) is 35.5 Å². The molecule has 1 unspecified atom stereocenters. The highest BCUT2D eigenvalue weighted by atomic mass is 16.6. The summed E-state index contributed by atoms with van der Waals surface area (Å²) in [6, 6.07) is 18.9. The number of hydrogen-bond donors (Lipinski definition) is 0. The molecule has 1 aliphatic heterocycles. The quantitative estimate of drug-likeness (QED) is 0.537. The maximum Gasteiger partial charge on any atom is 0.335 e. The molecule has 1 fully saturated rings. The van der Waals surface area contributed by atoms with Gasteiger partial charge in [-0.05, 0) is 52.1 Å². The first-order valence-electron chi connectivity index (χ1n) is 8.00. The molecule has 0 bridgehead atoms. The molecule has 0 spiro atoms. The fourth-order valence-corrected chi connectivity index (χ4v) is 3.15. The van der Waals surface area contributed by atoms with Crippen molar-refractivity contribution in [1.82, 2.24) is 0 Å². The van der Waals surface area contributed by atoms with Gasteiger partial charge in [0, 0.05) is 0 Å². The molecule has 1 heterocycles. The first kappa shape index (κ1) is 14.2. The van der Waals surface area contributed by atoms with Crippen molar-refractivity contribution < 1.29 is 14.3 Å². The highest BCUT2D eigenvalue weighted by Crippen LogP contribution is 2.26. The molecule has 1 atom stereocenters. The van der Waals surface area contributed by atoms with E-state index in [0.29, 0.717) is 13.2 Å². The minimum absolute atomic E-state index is 0.234. The number of fused-ring (bicyclic) bond motifs is 2. The van der Waals surface area contributed by atoms with Gasteiger partial charge < -0.3 is 9.47 Å². The molecule has 0 N–H and O–H groups in total. The van der Waals surface area contributed by atoms with Gasteiger partial charge in [0.05, 0.1) is 13.2 Å². The van der Waals surface area contributed by atoms with Gasteiger partial charge in [0.25, 0.3) is 0 Å². The molecular weight excluding hydrogens is 288 g/mol. The van der Waals surface area contributed by atoms with Crippen molar-refractivity contribution >= 4 is 27.5 Å². The van der Waals surface area contributed by atoms with Crippen molar-refractivity contribution in [3.05, 3.63) is 60.2 Å². The summed E-state index contributed by atoms with van der Waals surface area (Å²) in [5, 5.41) is 4.81. The summed E-state index contributed by atoms with van der Waals surface area (Å²) in [6.07, 6.45) is 1.18. The van der Waals surface area contributed by atoms with E-state index in [0.717, 1.165) is 18.4 Å². The third-order valence-electron chi connectivity index (χ3n) is 4.39. The van der Waals surface area contributed by atoms with Crippen LogP contribution >= 0.6 is 0 Å².